The Balaban J connectivity index is 1.78. The Kier molecular flexibility index (Phi) is 5.76. The lowest BCUT2D eigenvalue weighted by atomic mass is 10.1. The maximum absolute atomic E-state index is 12.2. The van der Waals surface area contributed by atoms with Gasteiger partial charge in [-0.2, -0.15) is 4.98 Å². The molecular weight excluding hydrogens is 366 g/mol. The van der Waals surface area contributed by atoms with Crippen LogP contribution in [0.25, 0.3) is 11.4 Å². The first-order valence-corrected chi connectivity index (χ1v) is 8.90. The molecule has 2 aromatic carbocycles. The lowest BCUT2D eigenvalue weighted by Crippen LogP contribution is -2.30. The van der Waals surface area contributed by atoms with Crippen molar-refractivity contribution in [3.05, 3.63) is 64.5 Å². The Bertz CT molecular complexity index is 953. The molecule has 0 radical (unpaired) electrons. The van der Waals surface area contributed by atoms with Crippen LogP contribution in [0.5, 0.6) is 5.75 Å². The van der Waals surface area contributed by atoms with E-state index in [1.165, 1.54) is 0 Å². The molecule has 0 atom stereocenters. The molecule has 0 aliphatic carbocycles. The molecule has 0 saturated heterocycles. The second-order valence-electron chi connectivity index (χ2n) is 6.37. The molecule has 0 aliphatic rings. The molecule has 140 valence electrons. The van der Waals surface area contributed by atoms with E-state index in [1.807, 2.05) is 26.0 Å². The van der Waals surface area contributed by atoms with Gasteiger partial charge in [-0.1, -0.05) is 35.0 Å². The van der Waals surface area contributed by atoms with Crippen molar-refractivity contribution in [2.24, 2.45) is 0 Å². The molecule has 1 amide bonds. The molecule has 0 bridgehead atoms. The van der Waals surface area contributed by atoms with Crippen LogP contribution in [0.2, 0.25) is 5.02 Å². The lowest BCUT2D eigenvalue weighted by molar-refractivity contribution is 0.0943. The van der Waals surface area contributed by atoms with E-state index in [1.54, 1.807) is 37.4 Å². The standard InChI is InChI=1S/C20H20ClN3O3/c1-12(2)22-20(25)15-6-4-5-14(11-15)19-23-18(27-24-19)10-13-7-8-17(26-3)16(21)9-13/h4-9,11-12H,10H2,1-3H3,(H,22,25). The highest BCUT2D eigenvalue weighted by Gasteiger charge is 2.13. The smallest absolute Gasteiger partial charge is 0.251 e. The first kappa shape index (κ1) is 18.9. The zero-order valence-electron chi connectivity index (χ0n) is 15.3. The predicted octanol–water partition coefficient (Wildman–Crippen LogP) is 4.13. The molecule has 0 unspecified atom stereocenters. The molecule has 0 fully saturated rings. The Hall–Kier alpha value is -2.86. The van der Waals surface area contributed by atoms with E-state index in [2.05, 4.69) is 15.5 Å². The van der Waals surface area contributed by atoms with Crippen molar-refractivity contribution < 1.29 is 14.1 Å². The Morgan fingerprint density at radius 3 is 2.78 bits per heavy atom. The van der Waals surface area contributed by atoms with Crippen LogP contribution < -0.4 is 10.1 Å². The fourth-order valence-corrected chi connectivity index (χ4v) is 2.86. The number of rotatable bonds is 6. The third-order valence-corrected chi connectivity index (χ3v) is 4.14. The summed E-state index contributed by atoms with van der Waals surface area (Å²) in [6, 6.07) is 12.7. The van der Waals surface area contributed by atoms with Crippen LogP contribution in [-0.4, -0.2) is 29.2 Å². The minimum absolute atomic E-state index is 0.0641. The molecule has 27 heavy (non-hydrogen) atoms. The molecule has 0 spiro atoms. The van der Waals surface area contributed by atoms with E-state index in [-0.39, 0.29) is 11.9 Å². The van der Waals surface area contributed by atoms with Crippen molar-refractivity contribution in [1.29, 1.82) is 0 Å². The highest BCUT2D eigenvalue weighted by atomic mass is 35.5. The van der Waals surface area contributed by atoms with Gasteiger partial charge in [0.1, 0.15) is 5.75 Å². The number of hydrogen-bond donors (Lipinski definition) is 1. The maximum Gasteiger partial charge on any atom is 0.251 e. The fourth-order valence-electron chi connectivity index (χ4n) is 2.58. The Morgan fingerprint density at radius 2 is 2.07 bits per heavy atom. The minimum atomic E-state index is -0.136. The number of nitrogens with zero attached hydrogens (tertiary/aromatic N) is 2. The highest BCUT2D eigenvalue weighted by Crippen LogP contribution is 2.26. The first-order valence-electron chi connectivity index (χ1n) is 8.52. The van der Waals surface area contributed by atoms with Crippen LogP contribution in [0, 0.1) is 0 Å². The van der Waals surface area contributed by atoms with Gasteiger partial charge in [0.25, 0.3) is 5.91 Å². The molecule has 1 aromatic heterocycles. The van der Waals surface area contributed by atoms with Crippen molar-refractivity contribution >= 4 is 17.5 Å². The summed E-state index contributed by atoms with van der Waals surface area (Å²) in [5.41, 5.74) is 2.20. The zero-order chi connectivity index (χ0) is 19.4. The number of carbonyl (C=O) groups excluding carboxylic acids is 1. The van der Waals surface area contributed by atoms with E-state index in [0.29, 0.717) is 40.0 Å². The van der Waals surface area contributed by atoms with Gasteiger partial charge < -0.3 is 14.6 Å². The van der Waals surface area contributed by atoms with Crippen LogP contribution in [0.15, 0.2) is 47.0 Å². The molecule has 7 heteroatoms. The summed E-state index contributed by atoms with van der Waals surface area (Å²) in [6.07, 6.45) is 0.449. The normalized spacial score (nSPS) is 10.9. The second kappa shape index (κ2) is 8.22. The summed E-state index contributed by atoms with van der Waals surface area (Å²) in [5.74, 6) is 1.37. The minimum Gasteiger partial charge on any atom is -0.495 e. The average Bonchev–Trinajstić information content (AvgIpc) is 3.10. The monoisotopic (exact) mass is 385 g/mol. The van der Waals surface area contributed by atoms with Crippen molar-refractivity contribution in [2.75, 3.05) is 7.11 Å². The highest BCUT2D eigenvalue weighted by molar-refractivity contribution is 6.32. The lowest BCUT2D eigenvalue weighted by Gasteiger charge is -2.08. The SMILES string of the molecule is COc1ccc(Cc2nc(-c3cccc(C(=O)NC(C)C)c3)no2)cc1Cl. The predicted molar refractivity (Wildman–Crippen MR) is 103 cm³/mol. The van der Waals surface area contributed by atoms with Crippen LogP contribution in [0.4, 0.5) is 0 Å². The molecular formula is C20H20ClN3O3. The number of amides is 1. The second-order valence-corrected chi connectivity index (χ2v) is 6.77. The molecule has 3 aromatic rings. The maximum atomic E-state index is 12.2. The van der Waals surface area contributed by atoms with Crippen LogP contribution in [0.1, 0.15) is 35.7 Å². The topological polar surface area (TPSA) is 77.2 Å². The van der Waals surface area contributed by atoms with Crippen molar-refractivity contribution in [2.45, 2.75) is 26.3 Å². The van der Waals surface area contributed by atoms with Gasteiger partial charge in [-0.25, -0.2) is 0 Å². The molecule has 0 saturated carbocycles. The first-order chi connectivity index (χ1) is 13.0. The summed E-state index contributed by atoms with van der Waals surface area (Å²) in [5, 5.41) is 7.42. The fraction of sp³-hybridized carbons (Fsp3) is 0.250. The molecule has 0 aliphatic heterocycles. The van der Waals surface area contributed by atoms with Crippen molar-refractivity contribution in [1.82, 2.24) is 15.5 Å². The summed E-state index contributed by atoms with van der Waals surface area (Å²) in [4.78, 5) is 16.6. The van der Waals surface area contributed by atoms with Gasteiger partial charge in [0, 0.05) is 17.2 Å². The summed E-state index contributed by atoms with van der Waals surface area (Å²) < 4.78 is 10.5. The van der Waals surface area contributed by atoms with E-state index in [4.69, 9.17) is 20.9 Å². The van der Waals surface area contributed by atoms with Gasteiger partial charge in [0.05, 0.1) is 18.6 Å². The number of carbonyl (C=O) groups is 1. The van der Waals surface area contributed by atoms with Gasteiger partial charge in [-0.3, -0.25) is 4.79 Å². The van der Waals surface area contributed by atoms with E-state index in [0.717, 1.165) is 5.56 Å². The van der Waals surface area contributed by atoms with Crippen LogP contribution in [-0.2, 0) is 6.42 Å². The number of halogens is 1. The quantitative estimate of drug-likeness (QED) is 0.690. The van der Waals surface area contributed by atoms with Crippen molar-refractivity contribution in [3.8, 4) is 17.1 Å². The number of hydrogen-bond acceptors (Lipinski definition) is 5. The number of aromatic nitrogens is 2. The van der Waals surface area contributed by atoms with Gasteiger partial charge in [0.15, 0.2) is 0 Å². The van der Waals surface area contributed by atoms with E-state index >= 15 is 0 Å². The van der Waals surface area contributed by atoms with Gasteiger partial charge in [-0.15, -0.1) is 0 Å². The largest absolute Gasteiger partial charge is 0.495 e. The summed E-state index contributed by atoms with van der Waals surface area (Å²) in [7, 11) is 1.57. The van der Waals surface area contributed by atoms with Gasteiger partial charge >= 0.3 is 0 Å². The van der Waals surface area contributed by atoms with Crippen LogP contribution >= 0.6 is 11.6 Å². The third kappa shape index (κ3) is 4.65. The Labute approximate surface area is 162 Å². The van der Waals surface area contributed by atoms with Crippen molar-refractivity contribution in [3.63, 3.8) is 0 Å². The van der Waals surface area contributed by atoms with E-state index < -0.39 is 0 Å². The van der Waals surface area contributed by atoms with Crippen LogP contribution in [0.3, 0.4) is 0 Å². The third-order valence-electron chi connectivity index (χ3n) is 3.84. The number of benzene rings is 2. The van der Waals surface area contributed by atoms with E-state index in [9.17, 15) is 4.79 Å². The molecule has 1 N–H and O–H groups in total. The average molecular weight is 386 g/mol. The molecule has 3 rings (SSSR count). The zero-order valence-corrected chi connectivity index (χ0v) is 16.1. The molecule has 1 heterocycles. The number of nitrogens with one attached hydrogen (secondary N) is 1. The summed E-state index contributed by atoms with van der Waals surface area (Å²) in [6.45, 7) is 3.83. The summed E-state index contributed by atoms with van der Waals surface area (Å²) >= 11 is 6.15. The number of ether oxygens (including phenoxy) is 1. The number of methoxy groups -OCH3 is 1. The van der Waals surface area contributed by atoms with Gasteiger partial charge in [0.2, 0.25) is 11.7 Å². The Morgan fingerprint density at radius 1 is 1.26 bits per heavy atom. The van der Waals surface area contributed by atoms with Gasteiger partial charge in [-0.05, 0) is 43.7 Å². The molecule has 6 nitrogen and oxygen atoms in total.